The van der Waals surface area contributed by atoms with Crippen molar-refractivity contribution in [1.29, 1.82) is 0 Å². The number of nitrogens with zero attached hydrogens (tertiary/aromatic N) is 2. The number of carbonyl (C=O) groups is 3. The van der Waals surface area contributed by atoms with Gasteiger partial charge < -0.3 is 24.4 Å². The molecule has 1 spiro atoms. The average molecular weight is 529 g/mol. The highest BCUT2D eigenvalue weighted by Crippen LogP contribution is 2.58. The number of allylic oxidation sites excluding steroid dienone is 1. The van der Waals surface area contributed by atoms with Crippen LogP contribution in [0.1, 0.15) is 39.5 Å². The second-order valence-electron chi connectivity index (χ2n) is 10.3. The fourth-order valence-electron chi connectivity index (χ4n) is 6.43. The molecule has 4 heterocycles. The Morgan fingerprint density at radius 1 is 1.11 bits per heavy atom. The van der Waals surface area contributed by atoms with Gasteiger partial charge in [-0.15, -0.1) is 0 Å². The van der Waals surface area contributed by atoms with Crippen molar-refractivity contribution >= 4 is 35.1 Å². The third kappa shape index (κ3) is 3.92. The molecule has 4 aliphatic rings. The summed E-state index contributed by atoms with van der Waals surface area (Å²) in [6.07, 6.45) is 10.3. The molecular weight excluding hydrogens is 496 g/mol. The quantitative estimate of drug-likeness (QED) is 0.476. The molecule has 2 saturated heterocycles. The second kappa shape index (κ2) is 9.89. The van der Waals surface area contributed by atoms with Crippen LogP contribution in [0.3, 0.4) is 0 Å². The van der Waals surface area contributed by atoms with E-state index in [1.54, 1.807) is 37.3 Å². The summed E-state index contributed by atoms with van der Waals surface area (Å²) in [6, 6.07) is 5.27. The molecule has 5 rings (SSSR count). The van der Waals surface area contributed by atoms with E-state index in [4.69, 9.17) is 21.1 Å². The Morgan fingerprint density at radius 3 is 2.62 bits per heavy atom. The summed E-state index contributed by atoms with van der Waals surface area (Å²) in [5.74, 6) is -3.17. The van der Waals surface area contributed by atoms with Crippen LogP contribution in [0.4, 0.5) is 5.69 Å². The van der Waals surface area contributed by atoms with Gasteiger partial charge in [0.1, 0.15) is 23.2 Å². The van der Waals surface area contributed by atoms with Crippen molar-refractivity contribution in [1.82, 2.24) is 4.90 Å². The van der Waals surface area contributed by atoms with Gasteiger partial charge in [0, 0.05) is 6.54 Å². The molecule has 2 amide bonds. The lowest BCUT2D eigenvalue weighted by Crippen LogP contribution is -2.58. The highest BCUT2D eigenvalue weighted by atomic mass is 35.5. The number of rotatable bonds is 4. The monoisotopic (exact) mass is 528 g/mol. The van der Waals surface area contributed by atoms with Crippen LogP contribution in [-0.4, -0.2) is 70.8 Å². The van der Waals surface area contributed by atoms with Crippen molar-refractivity contribution in [3.8, 4) is 0 Å². The number of amides is 2. The molecule has 37 heavy (non-hydrogen) atoms. The van der Waals surface area contributed by atoms with E-state index in [1.165, 1.54) is 9.80 Å². The first-order chi connectivity index (χ1) is 17.8. The molecule has 1 aromatic rings. The number of para-hydroxylation sites is 1. The van der Waals surface area contributed by atoms with Gasteiger partial charge >= 0.3 is 5.97 Å². The molecule has 0 radical (unpaired) electrons. The first-order valence-electron chi connectivity index (χ1n) is 13.0. The van der Waals surface area contributed by atoms with Crippen LogP contribution < -0.4 is 4.90 Å². The maximum Gasteiger partial charge on any atom is 0.313 e. The maximum atomic E-state index is 14.4. The lowest BCUT2D eigenvalue weighted by atomic mass is 9.73. The van der Waals surface area contributed by atoms with Crippen LogP contribution in [0.25, 0.3) is 0 Å². The van der Waals surface area contributed by atoms with Gasteiger partial charge in [-0.2, -0.15) is 0 Å². The molecule has 1 unspecified atom stereocenters. The number of carbonyl (C=O) groups excluding carboxylic acids is 3. The van der Waals surface area contributed by atoms with Gasteiger partial charge in [-0.05, 0) is 44.7 Å². The molecule has 6 atom stereocenters. The fourth-order valence-corrected chi connectivity index (χ4v) is 6.66. The molecule has 1 aromatic carbocycles. The van der Waals surface area contributed by atoms with Crippen LogP contribution in [0.15, 0.2) is 48.6 Å². The van der Waals surface area contributed by atoms with Crippen molar-refractivity contribution in [3.05, 3.63) is 53.6 Å². The summed E-state index contributed by atoms with van der Waals surface area (Å²) in [5, 5.41) is 10.5. The third-order valence-corrected chi connectivity index (χ3v) is 8.52. The number of esters is 1. The number of aliphatic hydroxyl groups excluding tert-OH is 1. The Balaban J connectivity index is 1.69. The van der Waals surface area contributed by atoms with Gasteiger partial charge in [-0.25, -0.2) is 0 Å². The van der Waals surface area contributed by atoms with E-state index in [9.17, 15) is 19.5 Å². The molecule has 0 bridgehead atoms. The van der Waals surface area contributed by atoms with Gasteiger partial charge in [0.15, 0.2) is 0 Å². The first kappa shape index (κ1) is 25.9. The Labute approximate surface area is 221 Å². The van der Waals surface area contributed by atoms with Crippen molar-refractivity contribution in [2.75, 3.05) is 24.7 Å². The molecule has 9 heteroatoms. The number of hydrogen-bond donors (Lipinski definition) is 1. The zero-order valence-electron chi connectivity index (χ0n) is 21.1. The Kier molecular flexibility index (Phi) is 6.94. The summed E-state index contributed by atoms with van der Waals surface area (Å²) >= 11 is 6.47. The summed E-state index contributed by atoms with van der Waals surface area (Å²) in [5.41, 5.74) is -2.00. The van der Waals surface area contributed by atoms with Crippen molar-refractivity contribution < 1.29 is 29.0 Å². The number of aliphatic hydroxyl groups is 1. The molecule has 0 aromatic heterocycles. The predicted molar refractivity (Wildman–Crippen MR) is 138 cm³/mol. The zero-order valence-corrected chi connectivity index (χ0v) is 21.9. The summed E-state index contributed by atoms with van der Waals surface area (Å²) in [7, 11) is 0. The van der Waals surface area contributed by atoms with Crippen LogP contribution in [0.5, 0.6) is 0 Å². The average Bonchev–Trinajstić information content (AvgIpc) is 3.26. The first-order valence-corrected chi connectivity index (χ1v) is 13.4. The summed E-state index contributed by atoms with van der Waals surface area (Å²) in [6.45, 7) is 3.75. The highest BCUT2D eigenvalue weighted by molar-refractivity contribution is 6.34. The predicted octanol–water partition coefficient (Wildman–Crippen LogP) is 3.27. The van der Waals surface area contributed by atoms with Crippen molar-refractivity contribution in [2.45, 2.75) is 62.8 Å². The smallest absolute Gasteiger partial charge is 0.313 e. The van der Waals surface area contributed by atoms with Crippen LogP contribution in [0.2, 0.25) is 5.02 Å². The molecular formula is C28H33ClN2O6. The minimum absolute atomic E-state index is 0.219. The number of anilines is 1. The number of hydrogen-bond acceptors (Lipinski definition) is 6. The molecule has 4 aliphatic heterocycles. The minimum atomic E-state index is -1.41. The van der Waals surface area contributed by atoms with E-state index in [0.717, 1.165) is 19.3 Å². The number of halogens is 1. The number of fused-ring (bicyclic) bond motifs is 2. The molecule has 0 aliphatic carbocycles. The standard InChI is InChI=1S/C28H33ClN2O6/c1-3-27-13-8-4-5-9-16-36-26(35)22(27)21-24(33)31(18(2)17-32)23-25(34)30(15-10-14-28(21,23)37-27)20-12-7-6-11-19(20)29/h6-8,10-14,18,21-23,32H,3-5,9,15-17H2,1-2H3/b13-8-/t18-,21+,22+,23?,27-,28+/m1/s1. The maximum absolute atomic E-state index is 14.4. The van der Waals surface area contributed by atoms with Crippen molar-refractivity contribution in [2.24, 2.45) is 11.8 Å². The van der Waals surface area contributed by atoms with Crippen LogP contribution in [-0.2, 0) is 23.9 Å². The Bertz CT molecular complexity index is 1150. The molecule has 8 nitrogen and oxygen atoms in total. The summed E-state index contributed by atoms with van der Waals surface area (Å²) < 4.78 is 12.5. The molecule has 1 N–H and O–H groups in total. The second-order valence-corrected chi connectivity index (χ2v) is 10.7. The number of likely N-dealkylation sites (tertiary alicyclic amines) is 1. The number of benzene rings is 1. The van der Waals surface area contributed by atoms with E-state index in [2.05, 4.69) is 0 Å². The molecule has 198 valence electrons. The topological polar surface area (TPSA) is 96.4 Å². The van der Waals surface area contributed by atoms with Gasteiger partial charge in [0.25, 0.3) is 5.91 Å². The van der Waals surface area contributed by atoms with E-state index >= 15 is 0 Å². The van der Waals surface area contributed by atoms with E-state index < -0.39 is 47.0 Å². The van der Waals surface area contributed by atoms with Crippen molar-refractivity contribution in [3.63, 3.8) is 0 Å². The van der Waals surface area contributed by atoms with Crippen LogP contribution >= 0.6 is 11.6 Å². The summed E-state index contributed by atoms with van der Waals surface area (Å²) in [4.78, 5) is 45.1. The van der Waals surface area contributed by atoms with Gasteiger partial charge in [-0.3, -0.25) is 14.4 Å². The number of cyclic esters (lactones) is 1. The van der Waals surface area contributed by atoms with Gasteiger partial charge in [0.2, 0.25) is 5.91 Å². The zero-order chi connectivity index (χ0) is 26.4. The lowest BCUT2D eigenvalue weighted by Gasteiger charge is -2.40. The SMILES string of the molecule is CC[C@@]12/C=C\CCCCOC(=O)[C@@H]1[C@H]1C(=O)N([C@H](C)CO)C3C(=O)N(c4ccccc4Cl)CC=C[C@@]31O2. The Morgan fingerprint density at radius 2 is 1.89 bits per heavy atom. The molecule has 2 fully saturated rings. The molecule has 0 saturated carbocycles. The van der Waals surface area contributed by atoms with Crippen LogP contribution in [0, 0.1) is 11.8 Å². The van der Waals surface area contributed by atoms with E-state index in [0.29, 0.717) is 17.1 Å². The van der Waals surface area contributed by atoms with Gasteiger partial charge in [-0.1, -0.05) is 55.0 Å². The minimum Gasteiger partial charge on any atom is -0.465 e. The number of ether oxygens (including phenoxy) is 2. The van der Waals surface area contributed by atoms with E-state index in [1.807, 2.05) is 25.2 Å². The van der Waals surface area contributed by atoms with E-state index in [-0.39, 0.29) is 25.7 Å². The highest BCUT2D eigenvalue weighted by Gasteiger charge is 2.75. The normalized spacial score (nSPS) is 35.4. The Hall–Kier alpha value is -2.68. The lowest BCUT2D eigenvalue weighted by molar-refractivity contribution is -0.161. The largest absolute Gasteiger partial charge is 0.465 e. The third-order valence-electron chi connectivity index (χ3n) is 8.20. The fraction of sp³-hybridized carbons (Fsp3) is 0.536. The van der Waals surface area contributed by atoms with Gasteiger partial charge in [0.05, 0.1) is 35.9 Å².